The molecule has 1 heterocycles. The Bertz CT molecular complexity index is 540. The van der Waals surface area contributed by atoms with E-state index < -0.39 is 0 Å². The van der Waals surface area contributed by atoms with Gasteiger partial charge in [0.2, 0.25) is 0 Å². The predicted octanol–water partition coefficient (Wildman–Crippen LogP) is 3.10. The lowest BCUT2D eigenvalue weighted by molar-refractivity contribution is 0.0940. The van der Waals surface area contributed by atoms with Gasteiger partial charge in [-0.1, -0.05) is 23.7 Å². The Morgan fingerprint density at radius 2 is 1.84 bits per heavy atom. The number of halogens is 1. The molecule has 1 atom stereocenters. The number of pyridine rings is 1. The monoisotopic (exact) mass is 274 g/mol. The summed E-state index contributed by atoms with van der Waals surface area (Å²) >= 11 is 5.84. The zero-order valence-corrected chi connectivity index (χ0v) is 11.4. The standard InChI is InChI=1S/C15H15ClN2O/c1-11(10-12-2-4-14(16)5-3-12)18-15(19)13-6-8-17-9-7-13/h2-9,11H,10H2,1H3,(H,18,19). The van der Waals surface area contributed by atoms with Crippen molar-refractivity contribution in [3.63, 3.8) is 0 Å². The minimum Gasteiger partial charge on any atom is -0.349 e. The molecule has 2 rings (SSSR count). The highest BCUT2D eigenvalue weighted by atomic mass is 35.5. The molecule has 0 radical (unpaired) electrons. The third kappa shape index (κ3) is 4.07. The molecular weight excluding hydrogens is 260 g/mol. The molecule has 0 aliphatic rings. The molecule has 4 heteroatoms. The normalized spacial score (nSPS) is 11.9. The van der Waals surface area contributed by atoms with Crippen LogP contribution in [-0.4, -0.2) is 16.9 Å². The number of aromatic nitrogens is 1. The predicted molar refractivity (Wildman–Crippen MR) is 76.3 cm³/mol. The summed E-state index contributed by atoms with van der Waals surface area (Å²) in [5, 5.41) is 3.68. The van der Waals surface area contributed by atoms with Gasteiger partial charge in [0.05, 0.1) is 0 Å². The Balaban J connectivity index is 1.92. The van der Waals surface area contributed by atoms with Crippen molar-refractivity contribution in [2.45, 2.75) is 19.4 Å². The quantitative estimate of drug-likeness (QED) is 0.931. The van der Waals surface area contributed by atoms with Gasteiger partial charge in [0.25, 0.3) is 5.91 Å². The highest BCUT2D eigenvalue weighted by Crippen LogP contribution is 2.11. The van der Waals surface area contributed by atoms with Gasteiger partial charge in [-0.15, -0.1) is 0 Å². The van der Waals surface area contributed by atoms with E-state index in [1.54, 1.807) is 24.5 Å². The van der Waals surface area contributed by atoms with Gasteiger partial charge in [0.15, 0.2) is 0 Å². The first-order valence-electron chi connectivity index (χ1n) is 6.10. The van der Waals surface area contributed by atoms with Crippen LogP contribution in [0.1, 0.15) is 22.8 Å². The summed E-state index contributed by atoms with van der Waals surface area (Å²) in [5.41, 5.74) is 1.77. The number of nitrogens with one attached hydrogen (secondary N) is 1. The van der Waals surface area contributed by atoms with Crippen LogP contribution in [0.15, 0.2) is 48.8 Å². The number of benzene rings is 1. The molecule has 1 aromatic heterocycles. The molecule has 0 aliphatic heterocycles. The molecule has 1 amide bonds. The Morgan fingerprint density at radius 3 is 2.47 bits per heavy atom. The molecule has 19 heavy (non-hydrogen) atoms. The van der Waals surface area contributed by atoms with Crippen molar-refractivity contribution >= 4 is 17.5 Å². The van der Waals surface area contributed by atoms with E-state index in [0.29, 0.717) is 5.56 Å². The first-order chi connectivity index (χ1) is 9.15. The minimum atomic E-state index is -0.0798. The molecule has 1 unspecified atom stereocenters. The number of hydrogen-bond acceptors (Lipinski definition) is 2. The van der Waals surface area contributed by atoms with Crippen LogP contribution >= 0.6 is 11.6 Å². The maximum absolute atomic E-state index is 11.9. The number of amides is 1. The van der Waals surface area contributed by atoms with E-state index in [-0.39, 0.29) is 11.9 Å². The molecule has 1 N–H and O–H groups in total. The van der Waals surface area contributed by atoms with Crippen LogP contribution in [0.25, 0.3) is 0 Å². The fourth-order valence-electron chi connectivity index (χ4n) is 1.84. The molecule has 0 saturated carbocycles. The highest BCUT2D eigenvalue weighted by Gasteiger charge is 2.09. The molecular formula is C15H15ClN2O. The van der Waals surface area contributed by atoms with Gasteiger partial charge >= 0.3 is 0 Å². The Hall–Kier alpha value is -1.87. The summed E-state index contributed by atoms with van der Waals surface area (Å²) in [4.78, 5) is 15.8. The van der Waals surface area contributed by atoms with Crippen LogP contribution in [0.3, 0.4) is 0 Å². The number of carbonyl (C=O) groups is 1. The summed E-state index contributed by atoms with van der Waals surface area (Å²) in [5.74, 6) is -0.0798. The van der Waals surface area contributed by atoms with Gasteiger partial charge < -0.3 is 5.32 Å². The lowest BCUT2D eigenvalue weighted by Gasteiger charge is -2.14. The second-order valence-corrected chi connectivity index (χ2v) is 4.88. The minimum absolute atomic E-state index is 0.0573. The summed E-state index contributed by atoms with van der Waals surface area (Å²) < 4.78 is 0. The summed E-state index contributed by atoms with van der Waals surface area (Å²) in [6, 6.07) is 11.1. The first-order valence-corrected chi connectivity index (χ1v) is 6.48. The fraction of sp³-hybridized carbons (Fsp3) is 0.200. The van der Waals surface area contributed by atoms with Crippen molar-refractivity contribution in [3.8, 4) is 0 Å². The molecule has 0 aliphatic carbocycles. The molecule has 0 spiro atoms. The van der Waals surface area contributed by atoms with E-state index >= 15 is 0 Å². The maximum atomic E-state index is 11.9. The van der Waals surface area contributed by atoms with Crippen LogP contribution < -0.4 is 5.32 Å². The van der Waals surface area contributed by atoms with E-state index in [1.165, 1.54) is 0 Å². The maximum Gasteiger partial charge on any atom is 0.251 e. The van der Waals surface area contributed by atoms with Gasteiger partial charge in [-0.05, 0) is 43.2 Å². The fourth-order valence-corrected chi connectivity index (χ4v) is 1.96. The first kappa shape index (κ1) is 13.6. The molecule has 2 aromatic rings. The summed E-state index contributed by atoms with van der Waals surface area (Å²) in [7, 11) is 0. The number of rotatable bonds is 4. The Labute approximate surface area is 117 Å². The topological polar surface area (TPSA) is 42.0 Å². The Kier molecular flexibility index (Phi) is 4.53. The van der Waals surface area contributed by atoms with Crippen molar-refractivity contribution in [1.29, 1.82) is 0 Å². The molecule has 0 bridgehead atoms. The van der Waals surface area contributed by atoms with Crippen molar-refractivity contribution < 1.29 is 4.79 Å². The molecule has 3 nitrogen and oxygen atoms in total. The van der Waals surface area contributed by atoms with Gasteiger partial charge in [0, 0.05) is 29.0 Å². The van der Waals surface area contributed by atoms with E-state index in [4.69, 9.17) is 11.6 Å². The van der Waals surface area contributed by atoms with E-state index in [1.807, 2.05) is 31.2 Å². The van der Waals surface area contributed by atoms with Crippen LogP contribution in [0, 0.1) is 0 Å². The van der Waals surface area contributed by atoms with Gasteiger partial charge in [-0.2, -0.15) is 0 Å². The summed E-state index contributed by atoms with van der Waals surface area (Å²) in [6.07, 6.45) is 3.99. The van der Waals surface area contributed by atoms with Crippen LogP contribution in [0.4, 0.5) is 0 Å². The zero-order valence-electron chi connectivity index (χ0n) is 10.6. The van der Waals surface area contributed by atoms with Crippen molar-refractivity contribution in [3.05, 3.63) is 64.9 Å². The molecule has 0 fully saturated rings. The van der Waals surface area contributed by atoms with Gasteiger partial charge in [-0.25, -0.2) is 0 Å². The van der Waals surface area contributed by atoms with Crippen molar-refractivity contribution in [1.82, 2.24) is 10.3 Å². The molecule has 1 aromatic carbocycles. The van der Waals surface area contributed by atoms with E-state index in [0.717, 1.165) is 17.0 Å². The highest BCUT2D eigenvalue weighted by molar-refractivity contribution is 6.30. The van der Waals surface area contributed by atoms with Crippen molar-refractivity contribution in [2.24, 2.45) is 0 Å². The third-order valence-electron chi connectivity index (χ3n) is 2.78. The van der Waals surface area contributed by atoms with E-state index in [2.05, 4.69) is 10.3 Å². The zero-order chi connectivity index (χ0) is 13.7. The SMILES string of the molecule is CC(Cc1ccc(Cl)cc1)NC(=O)c1ccncc1. The number of carbonyl (C=O) groups excluding carboxylic acids is 1. The lowest BCUT2D eigenvalue weighted by Crippen LogP contribution is -2.34. The average Bonchev–Trinajstić information content (AvgIpc) is 2.42. The smallest absolute Gasteiger partial charge is 0.251 e. The van der Waals surface area contributed by atoms with Crippen LogP contribution in [0.5, 0.6) is 0 Å². The van der Waals surface area contributed by atoms with Gasteiger partial charge in [0.1, 0.15) is 0 Å². The largest absolute Gasteiger partial charge is 0.349 e. The Morgan fingerprint density at radius 1 is 1.21 bits per heavy atom. The number of nitrogens with zero attached hydrogens (tertiary/aromatic N) is 1. The van der Waals surface area contributed by atoms with Gasteiger partial charge in [-0.3, -0.25) is 9.78 Å². The number of hydrogen-bond donors (Lipinski definition) is 1. The molecule has 98 valence electrons. The van der Waals surface area contributed by atoms with E-state index in [9.17, 15) is 4.79 Å². The second-order valence-electron chi connectivity index (χ2n) is 4.44. The lowest BCUT2D eigenvalue weighted by atomic mass is 10.1. The van der Waals surface area contributed by atoms with Crippen LogP contribution in [0.2, 0.25) is 5.02 Å². The van der Waals surface area contributed by atoms with Crippen molar-refractivity contribution in [2.75, 3.05) is 0 Å². The average molecular weight is 275 g/mol. The second kappa shape index (κ2) is 6.34. The molecule has 0 saturated heterocycles. The van der Waals surface area contributed by atoms with Crippen LogP contribution in [-0.2, 0) is 6.42 Å². The summed E-state index contributed by atoms with van der Waals surface area (Å²) in [6.45, 7) is 1.98. The third-order valence-corrected chi connectivity index (χ3v) is 3.03.